The van der Waals surface area contributed by atoms with Crippen LogP contribution >= 0.6 is 0 Å². The second kappa shape index (κ2) is 7.28. The molecule has 5 N–H and O–H groups in total. The number of carboxylic acid groups (broad SMARTS) is 1. The summed E-state index contributed by atoms with van der Waals surface area (Å²) in [6.07, 6.45) is -0.161. The zero-order valence-electron chi connectivity index (χ0n) is 12.0. The minimum atomic E-state index is -1.22. The fraction of sp³-hybridized carbons (Fsp3) is 0.357. The van der Waals surface area contributed by atoms with Gasteiger partial charge in [-0.05, 0) is 43.5 Å². The number of nitrogens with two attached hydrogens (primary N) is 1. The van der Waals surface area contributed by atoms with Gasteiger partial charge in [0.05, 0.1) is 0 Å². The predicted molar refractivity (Wildman–Crippen MR) is 77.9 cm³/mol. The average molecular weight is 293 g/mol. The van der Waals surface area contributed by atoms with Gasteiger partial charge < -0.3 is 21.5 Å². The molecule has 0 aliphatic rings. The van der Waals surface area contributed by atoms with E-state index < -0.39 is 23.9 Å². The van der Waals surface area contributed by atoms with Gasteiger partial charge in [-0.3, -0.25) is 4.79 Å². The number of hydrogen-bond donors (Lipinski definition) is 4. The van der Waals surface area contributed by atoms with Gasteiger partial charge in [0.25, 0.3) is 0 Å². The first-order valence-electron chi connectivity index (χ1n) is 6.45. The summed E-state index contributed by atoms with van der Waals surface area (Å²) < 4.78 is 0. The number of hydrogen-bond acceptors (Lipinski definition) is 3. The molecule has 0 radical (unpaired) electrons. The second-order valence-electron chi connectivity index (χ2n) is 4.79. The number of aryl methyl sites for hydroxylation is 2. The van der Waals surface area contributed by atoms with Crippen molar-refractivity contribution in [1.82, 2.24) is 5.32 Å². The molecule has 1 atom stereocenters. The first-order chi connectivity index (χ1) is 9.79. The number of nitrogens with one attached hydrogen (secondary N) is 2. The van der Waals surface area contributed by atoms with Gasteiger partial charge in [0.1, 0.15) is 6.04 Å². The van der Waals surface area contributed by atoms with Crippen molar-refractivity contribution in [3.63, 3.8) is 0 Å². The Morgan fingerprint density at radius 2 is 1.90 bits per heavy atom. The fourth-order valence-corrected chi connectivity index (χ4v) is 1.69. The number of anilines is 1. The second-order valence-corrected chi connectivity index (χ2v) is 4.79. The lowest BCUT2D eigenvalue weighted by atomic mass is 10.1. The normalized spacial score (nSPS) is 11.5. The van der Waals surface area contributed by atoms with Gasteiger partial charge in [-0.25, -0.2) is 9.59 Å². The molecule has 0 spiro atoms. The van der Waals surface area contributed by atoms with E-state index in [0.717, 1.165) is 11.1 Å². The van der Waals surface area contributed by atoms with E-state index in [-0.39, 0.29) is 12.8 Å². The van der Waals surface area contributed by atoms with Crippen molar-refractivity contribution >= 4 is 23.6 Å². The van der Waals surface area contributed by atoms with Crippen molar-refractivity contribution in [1.29, 1.82) is 0 Å². The fourth-order valence-electron chi connectivity index (χ4n) is 1.69. The highest BCUT2D eigenvalue weighted by Crippen LogP contribution is 2.14. The summed E-state index contributed by atoms with van der Waals surface area (Å²) in [5, 5.41) is 13.8. The minimum absolute atomic E-state index is 0.0506. The molecular formula is C14H19N3O4. The van der Waals surface area contributed by atoms with Gasteiger partial charge >= 0.3 is 12.0 Å². The molecule has 0 heterocycles. The van der Waals surface area contributed by atoms with Crippen molar-refractivity contribution in [3.8, 4) is 0 Å². The third-order valence-corrected chi connectivity index (χ3v) is 3.05. The number of benzene rings is 1. The molecule has 0 aliphatic carbocycles. The van der Waals surface area contributed by atoms with Gasteiger partial charge in [-0.15, -0.1) is 0 Å². The number of carboxylic acids is 1. The van der Waals surface area contributed by atoms with E-state index in [2.05, 4.69) is 10.6 Å². The van der Waals surface area contributed by atoms with Crippen LogP contribution < -0.4 is 16.4 Å². The Bertz CT molecular complexity index is 557. The highest BCUT2D eigenvalue weighted by molar-refractivity contribution is 5.92. The summed E-state index contributed by atoms with van der Waals surface area (Å²) in [5.41, 5.74) is 7.63. The number of rotatable bonds is 6. The zero-order valence-corrected chi connectivity index (χ0v) is 12.0. The van der Waals surface area contributed by atoms with Crippen LogP contribution in [0.2, 0.25) is 0 Å². The molecule has 3 amide bonds. The highest BCUT2D eigenvalue weighted by atomic mass is 16.4. The van der Waals surface area contributed by atoms with Crippen molar-refractivity contribution in [2.75, 3.05) is 5.32 Å². The van der Waals surface area contributed by atoms with Gasteiger partial charge in [0, 0.05) is 12.1 Å². The molecule has 1 aromatic carbocycles. The van der Waals surface area contributed by atoms with Gasteiger partial charge in [0.2, 0.25) is 5.91 Å². The molecule has 1 unspecified atom stereocenters. The number of carbonyl (C=O) groups is 3. The van der Waals surface area contributed by atoms with Gasteiger partial charge in [-0.1, -0.05) is 6.07 Å². The van der Waals surface area contributed by atoms with E-state index in [1.165, 1.54) is 0 Å². The summed E-state index contributed by atoms with van der Waals surface area (Å²) in [4.78, 5) is 33.4. The summed E-state index contributed by atoms with van der Waals surface area (Å²) in [6, 6.07) is 3.56. The Morgan fingerprint density at radius 1 is 1.24 bits per heavy atom. The van der Waals surface area contributed by atoms with Crippen LogP contribution in [0.15, 0.2) is 18.2 Å². The number of carbonyl (C=O) groups excluding carboxylic acids is 2. The van der Waals surface area contributed by atoms with Crippen LogP contribution in [0.4, 0.5) is 10.5 Å². The molecule has 0 saturated carbocycles. The van der Waals surface area contributed by atoms with E-state index >= 15 is 0 Å². The number of primary amides is 1. The van der Waals surface area contributed by atoms with E-state index in [1.807, 2.05) is 19.9 Å². The van der Waals surface area contributed by atoms with Crippen LogP contribution in [-0.4, -0.2) is 29.1 Å². The van der Waals surface area contributed by atoms with Crippen molar-refractivity contribution in [2.45, 2.75) is 32.7 Å². The minimum Gasteiger partial charge on any atom is -0.480 e. The molecule has 0 aliphatic heterocycles. The monoisotopic (exact) mass is 293 g/mol. The van der Waals surface area contributed by atoms with Gasteiger partial charge in [-0.2, -0.15) is 0 Å². The van der Waals surface area contributed by atoms with Crippen molar-refractivity contribution in [2.24, 2.45) is 5.73 Å². The first-order valence-corrected chi connectivity index (χ1v) is 6.45. The number of urea groups is 1. The van der Waals surface area contributed by atoms with Crippen LogP contribution in [0, 0.1) is 13.8 Å². The zero-order chi connectivity index (χ0) is 16.0. The molecule has 114 valence electrons. The maximum Gasteiger partial charge on any atom is 0.326 e. The third-order valence-electron chi connectivity index (χ3n) is 3.05. The van der Waals surface area contributed by atoms with Crippen LogP contribution in [0.1, 0.15) is 24.0 Å². The maximum absolute atomic E-state index is 11.8. The van der Waals surface area contributed by atoms with Crippen molar-refractivity contribution in [3.05, 3.63) is 29.3 Å². The molecule has 21 heavy (non-hydrogen) atoms. The Kier molecular flexibility index (Phi) is 5.71. The molecule has 1 aromatic rings. The molecule has 0 saturated heterocycles. The summed E-state index contributed by atoms with van der Waals surface area (Å²) in [6.45, 7) is 3.86. The van der Waals surface area contributed by atoms with Crippen LogP contribution in [0.25, 0.3) is 0 Å². The number of amides is 3. The van der Waals surface area contributed by atoms with E-state index in [0.29, 0.717) is 5.69 Å². The molecule has 0 fully saturated rings. The van der Waals surface area contributed by atoms with Crippen LogP contribution in [-0.2, 0) is 9.59 Å². The molecule has 0 bridgehead atoms. The standard InChI is InChI=1S/C14H19N3O4/c1-8-3-4-10(7-9(8)2)16-14(21)17-11(13(19)20)5-6-12(15)18/h3-4,7,11H,5-6H2,1-2H3,(H2,15,18)(H,19,20)(H2,16,17,21). The topological polar surface area (TPSA) is 122 Å². The largest absolute Gasteiger partial charge is 0.480 e. The SMILES string of the molecule is Cc1ccc(NC(=O)NC(CCC(N)=O)C(=O)O)cc1C. The van der Waals surface area contributed by atoms with Gasteiger partial charge in [0.15, 0.2) is 0 Å². The highest BCUT2D eigenvalue weighted by Gasteiger charge is 2.20. The molecular weight excluding hydrogens is 274 g/mol. The Labute approximate surface area is 122 Å². The molecule has 1 rings (SSSR count). The summed E-state index contributed by atoms with van der Waals surface area (Å²) >= 11 is 0. The molecule has 7 nitrogen and oxygen atoms in total. The van der Waals surface area contributed by atoms with E-state index in [9.17, 15) is 14.4 Å². The average Bonchev–Trinajstić information content (AvgIpc) is 2.38. The Hall–Kier alpha value is -2.57. The Morgan fingerprint density at radius 3 is 2.43 bits per heavy atom. The van der Waals surface area contributed by atoms with E-state index in [1.54, 1.807) is 12.1 Å². The number of aliphatic carboxylic acids is 1. The lowest BCUT2D eigenvalue weighted by molar-refractivity contribution is -0.139. The molecule has 7 heteroatoms. The van der Waals surface area contributed by atoms with Crippen molar-refractivity contribution < 1.29 is 19.5 Å². The lowest BCUT2D eigenvalue weighted by Gasteiger charge is -2.15. The Balaban J connectivity index is 2.62. The smallest absolute Gasteiger partial charge is 0.326 e. The van der Waals surface area contributed by atoms with Crippen LogP contribution in [0.5, 0.6) is 0 Å². The summed E-state index contributed by atoms with van der Waals surface area (Å²) in [5.74, 6) is -1.83. The third kappa shape index (κ3) is 5.52. The van der Waals surface area contributed by atoms with E-state index in [4.69, 9.17) is 10.8 Å². The predicted octanol–water partition coefficient (Wildman–Crippen LogP) is 1.14. The maximum atomic E-state index is 11.8. The quantitative estimate of drug-likeness (QED) is 0.628. The molecule has 0 aromatic heterocycles. The summed E-state index contributed by atoms with van der Waals surface area (Å²) in [7, 11) is 0. The lowest BCUT2D eigenvalue weighted by Crippen LogP contribution is -2.43. The first kappa shape index (κ1) is 16.5. The van der Waals surface area contributed by atoms with Crippen LogP contribution in [0.3, 0.4) is 0 Å².